The Morgan fingerprint density at radius 1 is 1.31 bits per heavy atom. The Labute approximate surface area is 94.1 Å². The first-order valence-corrected chi connectivity index (χ1v) is 5.49. The number of nitrogens with one attached hydrogen (secondary N) is 1. The summed E-state index contributed by atoms with van der Waals surface area (Å²) in [6.45, 7) is 5.00. The van der Waals surface area contributed by atoms with Crippen LogP contribution in [-0.2, 0) is 5.41 Å². The van der Waals surface area contributed by atoms with Crippen LogP contribution in [0.3, 0.4) is 0 Å². The molecule has 82 valence electrons. The molecule has 0 saturated carbocycles. The average molecular weight is 214 g/mol. The van der Waals surface area contributed by atoms with Crippen LogP contribution in [0.2, 0.25) is 0 Å². The number of benzene rings is 1. The lowest BCUT2D eigenvalue weighted by atomic mass is 9.88. The van der Waals surface area contributed by atoms with Gasteiger partial charge in [0.15, 0.2) is 0 Å². The predicted octanol–water partition coefficient (Wildman–Crippen LogP) is 2.49. The van der Waals surface area contributed by atoms with Crippen molar-refractivity contribution in [3.63, 3.8) is 0 Å². The maximum Gasteiger partial charge on any atom is 0.326 e. The Bertz CT molecular complexity index is 581. The Balaban J connectivity index is 2.41. The molecule has 1 N–H and O–H groups in total. The van der Waals surface area contributed by atoms with Crippen molar-refractivity contribution in [2.45, 2.75) is 19.3 Å². The second-order valence-electron chi connectivity index (χ2n) is 4.97. The highest BCUT2D eigenvalue weighted by Gasteiger charge is 2.32. The van der Waals surface area contributed by atoms with E-state index in [0.29, 0.717) is 6.54 Å². The first-order valence-electron chi connectivity index (χ1n) is 5.49. The van der Waals surface area contributed by atoms with Crippen LogP contribution < -0.4 is 5.32 Å². The van der Waals surface area contributed by atoms with Crippen LogP contribution in [0.5, 0.6) is 0 Å². The third kappa shape index (κ3) is 1.11. The second-order valence-corrected chi connectivity index (χ2v) is 4.97. The summed E-state index contributed by atoms with van der Waals surface area (Å²) in [5, 5.41) is 4.06. The lowest BCUT2D eigenvalue weighted by Crippen LogP contribution is -2.46. The molecule has 0 saturated heterocycles. The van der Waals surface area contributed by atoms with Gasteiger partial charge in [-0.1, -0.05) is 32.0 Å². The van der Waals surface area contributed by atoms with Crippen molar-refractivity contribution in [3.8, 4) is 0 Å². The first kappa shape index (κ1) is 9.46. The summed E-state index contributed by atoms with van der Waals surface area (Å²) < 4.78 is 1.79. The molecule has 0 radical (unpaired) electrons. The molecule has 0 atom stereocenters. The van der Waals surface area contributed by atoms with Crippen LogP contribution in [0.4, 0.5) is 4.79 Å². The summed E-state index contributed by atoms with van der Waals surface area (Å²) in [5.41, 5.74) is 2.08. The molecule has 0 fully saturated rings. The van der Waals surface area contributed by atoms with Gasteiger partial charge in [-0.2, -0.15) is 0 Å². The predicted molar refractivity (Wildman–Crippen MR) is 63.8 cm³/mol. The van der Waals surface area contributed by atoms with Crippen LogP contribution in [0.25, 0.3) is 10.9 Å². The number of hydrogen-bond donors (Lipinski definition) is 1. The molecular weight excluding hydrogens is 200 g/mol. The fourth-order valence-electron chi connectivity index (χ4n) is 2.34. The number of para-hydroxylation sites is 1. The van der Waals surface area contributed by atoms with Gasteiger partial charge in [-0.25, -0.2) is 4.79 Å². The fraction of sp³-hybridized carbons (Fsp3) is 0.308. The summed E-state index contributed by atoms with van der Waals surface area (Å²) in [5.74, 6) is 0. The molecule has 1 aromatic carbocycles. The molecule has 3 heteroatoms. The van der Waals surface area contributed by atoms with E-state index in [1.807, 2.05) is 24.3 Å². The van der Waals surface area contributed by atoms with Crippen molar-refractivity contribution < 1.29 is 4.79 Å². The molecule has 0 aliphatic carbocycles. The van der Waals surface area contributed by atoms with Gasteiger partial charge in [-0.15, -0.1) is 0 Å². The number of carbonyl (C=O) groups is 1. The van der Waals surface area contributed by atoms with Gasteiger partial charge in [0.2, 0.25) is 0 Å². The van der Waals surface area contributed by atoms with Gasteiger partial charge in [0.05, 0.1) is 5.52 Å². The summed E-state index contributed by atoms with van der Waals surface area (Å²) >= 11 is 0. The number of nitrogens with zero attached hydrogens (tertiary/aromatic N) is 1. The molecule has 2 aromatic rings. The van der Waals surface area contributed by atoms with Crippen molar-refractivity contribution in [2.75, 3.05) is 6.54 Å². The normalized spacial score (nSPS) is 18.2. The van der Waals surface area contributed by atoms with Gasteiger partial charge in [0.25, 0.3) is 0 Å². The van der Waals surface area contributed by atoms with E-state index in [4.69, 9.17) is 0 Å². The van der Waals surface area contributed by atoms with E-state index in [-0.39, 0.29) is 11.4 Å². The number of amides is 1. The maximum atomic E-state index is 11.9. The Kier molecular flexibility index (Phi) is 1.70. The van der Waals surface area contributed by atoms with Crippen LogP contribution >= 0.6 is 0 Å². The molecule has 1 aliphatic rings. The van der Waals surface area contributed by atoms with Gasteiger partial charge in [0.1, 0.15) is 0 Å². The summed E-state index contributed by atoms with van der Waals surface area (Å²) in [7, 11) is 0. The number of carbonyl (C=O) groups excluding carboxylic acids is 1. The quantitative estimate of drug-likeness (QED) is 0.718. The van der Waals surface area contributed by atoms with Crippen molar-refractivity contribution in [3.05, 3.63) is 36.0 Å². The summed E-state index contributed by atoms with van der Waals surface area (Å²) in [6, 6.07) is 10.1. The van der Waals surface area contributed by atoms with E-state index in [2.05, 4.69) is 25.2 Å². The van der Waals surface area contributed by atoms with Crippen LogP contribution in [0, 0.1) is 0 Å². The van der Waals surface area contributed by atoms with Crippen molar-refractivity contribution in [1.29, 1.82) is 0 Å². The van der Waals surface area contributed by atoms with Crippen LogP contribution in [0.1, 0.15) is 19.5 Å². The van der Waals surface area contributed by atoms with Gasteiger partial charge < -0.3 is 5.32 Å². The molecule has 1 amide bonds. The van der Waals surface area contributed by atoms with E-state index in [0.717, 1.165) is 16.6 Å². The molecule has 0 unspecified atom stereocenters. The SMILES string of the molecule is CC1(C)CNC(=O)n2c1cc1ccccc12. The number of rotatable bonds is 0. The van der Waals surface area contributed by atoms with Crippen molar-refractivity contribution in [2.24, 2.45) is 0 Å². The lowest BCUT2D eigenvalue weighted by Gasteiger charge is -2.31. The standard InChI is InChI=1S/C13H14N2O/c1-13(2)8-14-12(16)15-10-6-4-3-5-9(10)7-11(13)15/h3-7H,8H2,1-2H3,(H,14,16). The van der Waals surface area contributed by atoms with Gasteiger partial charge in [0, 0.05) is 23.0 Å². The zero-order valence-corrected chi connectivity index (χ0v) is 9.45. The minimum Gasteiger partial charge on any atom is -0.336 e. The largest absolute Gasteiger partial charge is 0.336 e. The Morgan fingerprint density at radius 2 is 2.06 bits per heavy atom. The highest BCUT2D eigenvalue weighted by atomic mass is 16.2. The lowest BCUT2D eigenvalue weighted by molar-refractivity contribution is 0.233. The highest BCUT2D eigenvalue weighted by molar-refractivity contribution is 5.94. The highest BCUT2D eigenvalue weighted by Crippen LogP contribution is 2.31. The zero-order chi connectivity index (χ0) is 11.3. The number of fused-ring (bicyclic) bond motifs is 3. The van der Waals surface area contributed by atoms with E-state index in [1.165, 1.54) is 0 Å². The molecule has 0 bridgehead atoms. The monoisotopic (exact) mass is 214 g/mol. The molecule has 16 heavy (non-hydrogen) atoms. The Morgan fingerprint density at radius 3 is 2.88 bits per heavy atom. The van der Waals surface area contributed by atoms with Crippen LogP contribution in [-0.4, -0.2) is 17.1 Å². The Hall–Kier alpha value is -1.77. The van der Waals surface area contributed by atoms with E-state index >= 15 is 0 Å². The molecule has 1 aromatic heterocycles. The van der Waals surface area contributed by atoms with Gasteiger partial charge in [-0.3, -0.25) is 4.57 Å². The second kappa shape index (κ2) is 2.88. The zero-order valence-electron chi connectivity index (χ0n) is 9.45. The molecule has 1 aliphatic heterocycles. The fourth-order valence-corrected chi connectivity index (χ4v) is 2.34. The molecule has 2 heterocycles. The topological polar surface area (TPSA) is 34.0 Å². The van der Waals surface area contributed by atoms with E-state index < -0.39 is 0 Å². The smallest absolute Gasteiger partial charge is 0.326 e. The van der Waals surface area contributed by atoms with Gasteiger partial charge >= 0.3 is 6.03 Å². The first-order chi connectivity index (χ1) is 7.59. The van der Waals surface area contributed by atoms with E-state index in [9.17, 15) is 4.79 Å². The minimum absolute atomic E-state index is 0.00701. The number of hydrogen-bond acceptors (Lipinski definition) is 1. The maximum absolute atomic E-state index is 11.9. The van der Waals surface area contributed by atoms with E-state index in [1.54, 1.807) is 4.57 Å². The molecule has 0 spiro atoms. The summed E-state index contributed by atoms with van der Waals surface area (Å²) in [6.07, 6.45) is 0. The molecular formula is C13H14N2O. The van der Waals surface area contributed by atoms with Crippen molar-refractivity contribution in [1.82, 2.24) is 9.88 Å². The number of aromatic nitrogens is 1. The summed E-state index contributed by atoms with van der Waals surface area (Å²) in [4.78, 5) is 11.9. The van der Waals surface area contributed by atoms with Gasteiger partial charge in [-0.05, 0) is 12.1 Å². The average Bonchev–Trinajstić information content (AvgIpc) is 2.65. The van der Waals surface area contributed by atoms with Crippen molar-refractivity contribution >= 4 is 16.9 Å². The molecule has 3 rings (SSSR count). The van der Waals surface area contributed by atoms with Crippen LogP contribution in [0.15, 0.2) is 30.3 Å². The third-order valence-corrected chi connectivity index (χ3v) is 3.29. The third-order valence-electron chi connectivity index (χ3n) is 3.29. The molecule has 3 nitrogen and oxygen atoms in total. The minimum atomic E-state index is -0.0180.